The van der Waals surface area contributed by atoms with Crippen LogP contribution in [0.3, 0.4) is 0 Å². The van der Waals surface area contributed by atoms with Gasteiger partial charge in [0.15, 0.2) is 0 Å². The summed E-state index contributed by atoms with van der Waals surface area (Å²) in [5, 5.41) is 2.26. The zero-order valence-electron chi connectivity index (χ0n) is 13.3. The van der Waals surface area contributed by atoms with Crippen molar-refractivity contribution < 1.29 is 35.9 Å². The van der Waals surface area contributed by atoms with Gasteiger partial charge in [-0.1, -0.05) is 0 Å². The Bertz CT molecular complexity index is 749. The minimum atomic E-state index is -5.02. The van der Waals surface area contributed by atoms with E-state index in [1.165, 1.54) is 24.3 Å². The van der Waals surface area contributed by atoms with Gasteiger partial charge in [0.1, 0.15) is 5.75 Å². The minimum Gasteiger partial charge on any atom is -0.494 e. The first kappa shape index (κ1) is 19.6. The van der Waals surface area contributed by atoms with Crippen LogP contribution in [0.1, 0.15) is 28.4 Å². The van der Waals surface area contributed by atoms with Gasteiger partial charge in [0.05, 0.1) is 17.7 Å². The Morgan fingerprint density at radius 3 is 1.85 bits per heavy atom. The Kier molecular flexibility index (Phi) is 5.48. The zero-order valence-corrected chi connectivity index (χ0v) is 13.3. The molecule has 140 valence electrons. The Labute approximate surface area is 144 Å². The van der Waals surface area contributed by atoms with E-state index in [0.29, 0.717) is 24.5 Å². The molecule has 0 bridgehead atoms. The van der Waals surface area contributed by atoms with Crippen LogP contribution in [0.2, 0.25) is 0 Å². The summed E-state index contributed by atoms with van der Waals surface area (Å²) in [6, 6.07) is 6.56. The molecule has 0 aliphatic rings. The highest BCUT2D eigenvalue weighted by molar-refractivity contribution is 6.04. The number of alkyl halides is 6. The average Bonchev–Trinajstić information content (AvgIpc) is 2.55. The molecule has 0 aliphatic carbocycles. The first-order chi connectivity index (χ1) is 12.0. The van der Waals surface area contributed by atoms with E-state index in [1.807, 2.05) is 0 Å². The summed E-state index contributed by atoms with van der Waals surface area (Å²) in [5.74, 6) is -0.588. The van der Waals surface area contributed by atoms with Crippen molar-refractivity contribution in [2.24, 2.45) is 0 Å². The van der Waals surface area contributed by atoms with Crippen molar-refractivity contribution >= 4 is 11.6 Å². The second kappa shape index (κ2) is 7.27. The molecule has 0 heterocycles. The number of hydrogen-bond donors (Lipinski definition) is 1. The van der Waals surface area contributed by atoms with E-state index in [9.17, 15) is 31.1 Å². The average molecular weight is 377 g/mol. The number of halogens is 6. The van der Waals surface area contributed by atoms with Gasteiger partial charge in [-0.2, -0.15) is 26.3 Å². The molecule has 0 radical (unpaired) electrons. The summed E-state index contributed by atoms with van der Waals surface area (Å²) in [7, 11) is 0. The molecule has 0 saturated carbocycles. The maximum atomic E-state index is 12.8. The molecule has 0 atom stereocenters. The van der Waals surface area contributed by atoms with Crippen LogP contribution < -0.4 is 10.1 Å². The van der Waals surface area contributed by atoms with Gasteiger partial charge in [-0.25, -0.2) is 0 Å². The third-order valence-electron chi connectivity index (χ3n) is 3.27. The molecule has 0 aliphatic heterocycles. The lowest BCUT2D eigenvalue weighted by Crippen LogP contribution is -2.17. The fraction of sp³-hybridized carbons (Fsp3) is 0.235. The van der Waals surface area contributed by atoms with Crippen molar-refractivity contribution in [3.05, 3.63) is 59.2 Å². The highest BCUT2D eigenvalue weighted by atomic mass is 19.4. The van der Waals surface area contributed by atoms with Crippen LogP contribution in [-0.2, 0) is 12.4 Å². The fourth-order valence-corrected chi connectivity index (χ4v) is 2.09. The number of anilines is 1. The molecule has 0 unspecified atom stereocenters. The number of rotatable bonds is 4. The van der Waals surface area contributed by atoms with Crippen LogP contribution in [0.15, 0.2) is 42.5 Å². The lowest BCUT2D eigenvalue weighted by Gasteiger charge is -2.14. The lowest BCUT2D eigenvalue weighted by molar-refractivity contribution is -0.143. The van der Waals surface area contributed by atoms with Crippen LogP contribution in [0, 0.1) is 0 Å². The SMILES string of the molecule is CCOc1ccc(NC(=O)c2cc(C(F)(F)F)cc(C(F)(F)F)c2)cc1. The zero-order chi connectivity index (χ0) is 19.5. The second-order valence-electron chi connectivity index (χ2n) is 5.21. The highest BCUT2D eigenvalue weighted by Crippen LogP contribution is 2.36. The smallest absolute Gasteiger partial charge is 0.416 e. The van der Waals surface area contributed by atoms with Crippen LogP contribution in [-0.4, -0.2) is 12.5 Å². The van der Waals surface area contributed by atoms with Crippen molar-refractivity contribution in [1.82, 2.24) is 0 Å². The summed E-state index contributed by atoms with van der Waals surface area (Å²) in [6.45, 7) is 2.18. The van der Waals surface area contributed by atoms with Crippen molar-refractivity contribution in [3.63, 3.8) is 0 Å². The molecule has 0 spiro atoms. The maximum Gasteiger partial charge on any atom is 0.416 e. The molecule has 0 fully saturated rings. The van der Waals surface area contributed by atoms with Crippen molar-refractivity contribution in [1.29, 1.82) is 0 Å². The van der Waals surface area contributed by atoms with Gasteiger partial charge >= 0.3 is 12.4 Å². The highest BCUT2D eigenvalue weighted by Gasteiger charge is 2.37. The van der Waals surface area contributed by atoms with Gasteiger partial charge < -0.3 is 10.1 Å². The van der Waals surface area contributed by atoms with E-state index in [1.54, 1.807) is 6.92 Å². The number of carbonyl (C=O) groups excluding carboxylic acids is 1. The molecule has 2 rings (SSSR count). The Morgan fingerprint density at radius 2 is 1.42 bits per heavy atom. The molecule has 1 amide bonds. The second-order valence-corrected chi connectivity index (χ2v) is 5.21. The Morgan fingerprint density at radius 1 is 0.923 bits per heavy atom. The molecule has 3 nitrogen and oxygen atoms in total. The largest absolute Gasteiger partial charge is 0.494 e. The normalized spacial score (nSPS) is 12.0. The summed E-state index contributed by atoms with van der Waals surface area (Å²) in [6.07, 6.45) is -10.0. The minimum absolute atomic E-state index is 0.0341. The molecule has 2 aromatic carbocycles. The molecule has 26 heavy (non-hydrogen) atoms. The third-order valence-corrected chi connectivity index (χ3v) is 3.27. The van der Waals surface area contributed by atoms with Gasteiger partial charge in [-0.05, 0) is 49.4 Å². The maximum absolute atomic E-state index is 12.8. The van der Waals surface area contributed by atoms with Crippen LogP contribution in [0.4, 0.5) is 32.0 Å². The van der Waals surface area contributed by atoms with E-state index in [2.05, 4.69) is 5.32 Å². The summed E-state index contributed by atoms with van der Waals surface area (Å²) >= 11 is 0. The van der Waals surface area contributed by atoms with Crippen molar-refractivity contribution in [3.8, 4) is 5.75 Å². The monoisotopic (exact) mass is 377 g/mol. The third kappa shape index (κ3) is 4.90. The van der Waals surface area contributed by atoms with Crippen LogP contribution in [0.25, 0.3) is 0 Å². The van der Waals surface area contributed by atoms with E-state index < -0.39 is 35.0 Å². The number of hydrogen-bond acceptors (Lipinski definition) is 2. The fourth-order valence-electron chi connectivity index (χ4n) is 2.09. The van der Waals surface area contributed by atoms with Gasteiger partial charge in [0.2, 0.25) is 0 Å². The van der Waals surface area contributed by atoms with Gasteiger partial charge in [-0.3, -0.25) is 4.79 Å². The van der Waals surface area contributed by atoms with Crippen LogP contribution >= 0.6 is 0 Å². The summed E-state index contributed by atoms with van der Waals surface area (Å²) < 4.78 is 82.2. The molecular weight excluding hydrogens is 364 g/mol. The molecule has 0 aromatic heterocycles. The Hall–Kier alpha value is -2.71. The van der Waals surface area contributed by atoms with E-state index in [4.69, 9.17) is 4.74 Å². The molecule has 2 aromatic rings. The summed E-state index contributed by atoms with van der Waals surface area (Å²) in [5.41, 5.74) is -3.65. The lowest BCUT2D eigenvalue weighted by atomic mass is 10.0. The molecule has 0 saturated heterocycles. The van der Waals surface area contributed by atoms with Gasteiger partial charge in [0, 0.05) is 11.3 Å². The first-order valence-corrected chi connectivity index (χ1v) is 7.34. The quantitative estimate of drug-likeness (QED) is 0.727. The van der Waals surface area contributed by atoms with Crippen molar-refractivity contribution in [2.45, 2.75) is 19.3 Å². The molecule has 9 heteroatoms. The summed E-state index contributed by atoms with van der Waals surface area (Å²) in [4.78, 5) is 12.1. The topological polar surface area (TPSA) is 38.3 Å². The number of nitrogens with one attached hydrogen (secondary N) is 1. The molecular formula is C17H13F6NO2. The van der Waals surface area contributed by atoms with E-state index in [0.717, 1.165) is 0 Å². The number of amides is 1. The standard InChI is InChI=1S/C17H13F6NO2/c1-2-26-14-5-3-13(4-6-14)24-15(25)10-7-11(16(18,19)20)9-12(8-10)17(21,22)23/h3-9H,2H2,1H3,(H,24,25). The Balaban J connectivity index is 2.32. The predicted octanol–water partition coefficient (Wildman–Crippen LogP) is 5.38. The number of ether oxygens (including phenoxy) is 1. The van der Waals surface area contributed by atoms with E-state index in [-0.39, 0.29) is 11.8 Å². The van der Waals surface area contributed by atoms with Crippen LogP contribution in [0.5, 0.6) is 5.75 Å². The van der Waals surface area contributed by atoms with Gasteiger partial charge in [-0.15, -0.1) is 0 Å². The first-order valence-electron chi connectivity index (χ1n) is 7.34. The molecule has 1 N–H and O–H groups in total. The number of carbonyl (C=O) groups is 1. The predicted molar refractivity (Wildman–Crippen MR) is 82.0 cm³/mol. The number of benzene rings is 2. The van der Waals surface area contributed by atoms with Gasteiger partial charge in [0.25, 0.3) is 5.91 Å². The van der Waals surface area contributed by atoms with Crippen molar-refractivity contribution in [2.75, 3.05) is 11.9 Å². The van der Waals surface area contributed by atoms with E-state index >= 15 is 0 Å².